The highest BCUT2D eigenvalue weighted by Gasteiger charge is 2.23. The maximum atomic E-state index is 5.75. The fraction of sp³-hybridized carbons (Fsp3) is 1.00. The summed E-state index contributed by atoms with van der Waals surface area (Å²) in [7, 11) is 0. The Bertz CT molecular complexity index is 175. The van der Waals surface area contributed by atoms with E-state index in [-0.39, 0.29) is 0 Å². The van der Waals surface area contributed by atoms with Gasteiger partial charge in [0.1, 0.15) is 0 Å². The Morgan fingerprint density at radius 1 is 1.44 bits per heavy atom. The van der Waals surface area contributed by atoms with E-state index < -0.39 is 0 Å². The van der Waals surface area contributed by atoms with Gasteiger partial charge in [-0.15, -0.1) is 11.6 Å². The smallest absolute Gasteiger partial charge is 0.0593 e. The van der Waals surface area contributed by atoms with Crippen LogP contribution in [-0.2, 0) is 4.74 Å². The van der Waals surface area contributed by atoms with Crippen molar-refractivity contribution in [2.24, 2.45) is 5.92 Å². The first kappa shape index (κ1) is 14.3. The van der Waals surface area contributed by atoms with Crippen LogP contribution in [0, 0.1) is 5.92 Å². The third-order valence-corrected chi connectivity index (χ3v) is 3.41. The lowest BCUT2D eigenvalue weighted by Crippen LogP contribution is -2.32. The van der Waals surface area contributed by atoms with Gasteiger partial charge in [-0.05, 0) is 38.1 Å². The summed E-state index contributed by atoms with van der Waals surface area (Å²) >= 11 is 5.75. The highest BCUT2D eigenvalue weighted by atomic mass is 35.5. The second kappa shape index (κ2) is 8.32. The molecule has 0 bridgehead atoms. The third kappa shape index (κ3) is 5.51. The van der Waals surface area contributed by atoms with E-state index in [0.717, 1.165) is 38.1 Å². The maximum absolute atomic E-state index is 5.75. The first-order valence-electron chi connectivity index (χ1n) is 6.61. The molecule has 0 aromatic rings. The van der Waals surface area contributed by atoms with Crippen LogP contribution in [0.4, 0.5) is 0 Å². The number of nitrogens with zero attached hydrogens (tertiary/aromatic N) is 1. The molecule has 1 rings (SSSR count). The second-order valence-electron chi connectivity index (χ2n) is 5.13. The minimum atomic E-state index is 0.644. The molecule has 96 valence electrons. The van der Waals surface area contributed by atoms with Crippen molar-refractivity contribution >= 4 is 11.6 Å². The van der Waals surface area contributed by atoms with Crippen molar-refractivity contribution < 1.29 is 4.74 Å². The predicted molar refractivity (Wildman–Crippen MR) is 70.2 cm³/mol. The molecule has 16 heavy (non-hydrogen) atoms. The number of likely N-dealkylation sites (tertiary alicyclic amines) is 1. The molecule has 1 atom stereocenters. The van der Waals surface area contributed by atoms with Crippen molar-refractivity contribution in [2.45, 2.75) is 45.6 Å². The van der Waals surface area contributed by atoms with Gasteiger partial charge >= 0.3 is 0 Å². The Hall–Kier alpha value is 0.210. The summed E-state index contributed by atoms with van der Waals surface area (Å²) in [5, 5.41) is 0. The van der Waals surface area contributed by atoms with Gasteiger partial charge in [0.25, 0.3) is 0 Å². The van der Waals surface area contributed by atoms with Crippen molar-refractivity contribution in [1.82, 2.24) is 4.90 Å². The fourth-order valence-electron chi connectivity index (χ4n) is 2.33. The third-order valence-electron chi connectivity index (χ3n) is 3.14. The number of hydrogen-bond acceptors (Lipinski definition) is 2. The molecule has 0 aromatic carbocycles. The van der Waals surface area contributed by atoms with Gasteiger partial charge in [0.2, 0.25) is 0 Å². The van der Waals surface area contributed by atoms with E-state index in [0.29, 0.717) is 5.92 Å². The van der Waals surface area contributed by atoms with Gasteiger partial charge in [0.05, 0.1) is 6.61 Å². The summed E-state index contributed by atoms with van der Waals surface area (Å²) < 4.78 is 5.64. The zero-order valence-electron chi connectivity index (χ0n) is 10.8. The van der Waals surface area contributed by atoms with E-state index in [9.17, 15) is 0 Å². The monoisotopic (exact) mass is 247 g/mol. The Morgan fingerprint density at radius 3 is 2.94 bits per heavy atom. The second-order valence-corrected chi connectivity index (χ2v) is 5.51. The summed E-state index contributed by atoms with van der Waals surface area (Å²) in [6, 6.07) is 0.765. The molecule has 2 nitrogen and oxygen atoms in total. The minimum Gasteiger partial charge on any atom is -0.380 e. The van der Waals surface area contributed by atoms with Gasteiger partial charge in [0.15, 0.2) is 0 Å². The standard InChI is InChI=1S/C13H26ClNO/c1-12(2)11-16-10-9-15-8-4-6-13(15)5-3-7-14/h12-13H,3-11H2,1-2H3. The molecule has 1 aliphatic heterocycles. The number of alkyl halides is 1. The largest absolute Gasteiger partial charge is 0.380 e. The quantitative estimate of drug-likeness (QED) is 0.483. The molecule has 1 unspecified atom stereocenters. The Kier molecular flexibility index (Phi) is 7.42. The van der Waals surface area contributed by atoms with Crippen LogP contribution in [0.2, 0.25) is 0 Å². The van der Waals surface area contributed by atoms with Crippen LogP contribution in [0.3, 0.4) is 0 Å². The Morgan fingerprint density at radius 2 is 2.25 bits per heavy atom. The van der Waals surface area contributed by atoms with Crippen molar-refractivity contribution in [2.75, 3.05) is 32.2 Å². The number of halogens is 1. The molecule has 1 heterocycles. The van der Waals surface area contributed by atoms with Crippen molar-refractivity contribution in [3.8, 4) is 0 Å². The van der Waals surface area contributed by atoms with Gasteiger partial charge in [-0.25, -0.2) is 0 Å². The summed E-state index contributed by atoms with van der Waals surface area (Å²) in [5.74, 6) is 1.44. The van der Waals surface area contributed by atoms with Crippen LogP contribution in [0.25, 0.3) is 0 Å². The molecule has 0 N–H and O–H groups in total. The van der Waals surface area contributed by atoms with E-state index in [4.69, 9.17) is 16.3 Å². The molecule has 0 aliphatic carbocycles. The van der Waals surface area contributed by atoms with Gasteiger partial charge < -0.3 is 4.74 Å². The SMILES string of the molecule is CC(C)COCCN1CCCC1CCCCl. The predicted octanol–water partition coefficient (Wildman–Crippen LogP) is 3.14. The highest BCUT2D eigenvalue weighted by Crippen LogP contribution is 2.21. The van der Waals surface area contributed by atoms with E-state index in [1.165, 1.54) is 25.8 Å². The highest BCUT2D eigenvalue weighted by molar-refractivity contribution is 6.17. The first-order valence-corrected chi connectivity index (χ1v) is 7.15. The Labute approximate surface area is 105 Å². The first-order chi connectivity index (χ1) is 7.74. The van der Waals surface area contributed by atoms with E-state index in [1.54, 1.807) is 0 Å². The zero-order valence-corrected chi connectivity index (χ0v) is 11.5. The summed E-state index contributed by atoms with van der Waals surface area (Å²) in [6.07, 6.45) is 5.10. The molecule has 0 spiro atoms. The summed E-state index contributed by atoms with van der Waals surface area (Å²) in [6.45, 7) is 8.51. The van der Waals surface area contributed by atoms with E-state index in [1.807, 2.05) is 0 Å². The normalized spacial score (nSPS) is 22.1. The average molecular weight is 248 g/mol. The fourth-order valence-corrected chi connectivity index (χ4v) is 2.48. The van der Waals surface area contributed by atoms with E-state index in [2.05, 4.69) is 18.7 Å². The molecular formula is C13H26ClNO. The van der Waals surface area contributed by atoms with Crippen LogP contribution in [0.1, 0.15) is 39.5 Å². The van der Waals surface area contributed by atoms with Gasteiger partial charge in [-0.3, -0.25) is 4.90 Å². The molecule has 1 aliphatic rings. The zero-order chi connectivity index (χ0) is 11.8. The van der Waals surface area contributed by atoms with Crippen molar-refractivity contribution in [3.05, 3.63) is 0 Å². The topological polar surface area (TPSA) is 12.5 Å². The number of ether oxygens (including phenoxy) is 1. The van der Waals surface area contributed by atoms with Crippen molar-refractivity contribution in [1.29, 1.82) is 0 Å². The summed E-state index contributed by atoms with van der Waals surface area (Å²) in [4.78, 5) is 2.58. The Balaban J connectivity index is 2.09. The van der Waals surface area contributed by atoms with Crippen LogP contribution < -0.4 is 0 Å². The minimum absolute atomic E-state index is 0.644. The van der Waals surface area contributed by atoms with Gasteiger partial charge in [-0.1, -0.05) is 13.8 Å². The van der Waals surface area contributed by atoms with Crippen molar-refractivity contribution in [3.63, 3.8) is 0 Å². The van der Waals surface area contributed by atoms with Gasteiger partial charge in [0, 0.05) is 25.1 Å². The molecular weight excluding hydrogens is 222 g/mol. The van der Waals surface area contributed by atoms with E-state index >= 15 is 0 Å². The molecule has 3 heteroatoms. The molecule has 0 saturated carbocycles. The maximum Gasteiger partial charge on any atom is 0.0593 e. The summed E-state index contributed by atoms with van der Waals surface area (Å²) in [5.41, 5.74) is 0. The lowest BCUT2D eigenvalue weighted by molar-refractivity contribution is 0.0809. The van der Waals surface area contributed by atoms with Crippen LogP contribution in [-0.4, -0.2) is 43.1 Å². The molecule has 1 fully saturated rings. The lowest BCUT2D eigenvalue weighted by Gasteiger charge is -2.24. The average Bonchev–Trinajstić information content (AvgIpc) is 2.69. The van der Waals surface area contributed by atoms with Crippen LogP contribution in [0.15, 0.2) is 0 Å². The molecule has 0 aromatic heterocycles. The number of rotatable bonds is 8. The van der Waals surface area contributed by atoms with Crippen LogP contribution in [0.5, 0.6) is 0 Å². The van der Waals surface area contributed by atoms with Crippen LogP contribution >= 0.6 is 11.6 Å². The molecule has 1 saturated heterocycles. The molecule has 0 amide bonds. The number of hydrogen-bond donors (Lipinski definition) is 0. The van der Waals surface area contributed by atoms with Gasteiger partial charge in [-0.2, -0.15) is 0 Å². The lowest BCUT2D eigenvalue weighted by atomic mass is 10.1. The molecule has 0 radical (unpaired) electrons.